The van der Waals surface area contributed by atoms with Crippen LogP contribution in [0.5, 0.6) is 5.88 Å². The molecule has 1 aliphatic rings. The van der Waals surface area contributed by atoms with E-state index >= 15 is 0 Å². The number of amides is 1. The number of rotatable bonds is 5. The molecular formula is C17H23N5O2. The minimum absolute atomic E-state index is 0.0108. The Bertz CT molecular complexity index is 691. The number of aryl methyl sites for hydroxylation is 3. The number of ether oxygens (including phenoxy) is 1. The van der Waals surface area contributed by atoms with Crippen LogP contribution in [0.1, 0.15) is 35.5 Å². The van der Waals surface area contributed by atoms with Crippen LogP contribution in [0.15, 0.2) is 12.1 Å². The third-order valence-electron chi connectivity index (χ3n) is 4.43. The standard InChI is InChI=1S/C17H23N5O2/c1-11-4-6-16(21-18-11)24-14-8-9-22(10-14)17(23)7-5-15-12(2)19-20-13(15)3/h4,6,14H,5,7-10H2,1-3H3,(H,19,20)/t14-/m0/s1. The Morgan fingerprint density at radius 3 is 2.83 bits per heavy atom. The Kier molecular flexibility index (Phi) is 4.78. The zero-order chi connectivity index (χ0) is 17.1. The first-order valence-corrected chi connectivity index (χ1v) is 8.28. The summed E-state index contributed by atoms with van der Waals surface area (Å²) in [5.74, 6) is 0.681. The summed E-state index contributed by atoms with van der Waals surface area (Å²) in [6.07, 6.45) is 2.03. The monoisotopic (exact) mass is 329 g/mol. The van der Waals surface area contributed by atoms with Gasteiger partial charge in [0.2, 0.25) is 11.8 Å². The molecule has 0 radical (unpaired) electrons. The van der Waals surface area contributed by atoms with Crippen LogP contribution in [0.4, 0.5) is 0 Å². The van der Waals surface area contributed by atoms with Gasteiger partial charge < -0.3 is 9.64 Å². The van der Waals surface area contributed by atoms with Gasteiger partial charge in [0.1, 0.15) is 6.10 Å². The number of aromatic amines is 1. The van der Waals surface area contributed by atoms with E-state index < -0.39 is 0 Å². The normalized spacial score (nSPS) is 17.3. The molecule has 1 aliphatic heterocycles. The molecule has 2 aromatic rings. The summed E-state index contributed by atoms with van der Waals surface area (Å²) in [6, 6.07) is 3.69. The van der Waals surface area contributed by atoms with Crippen LogP contribution < -0.4 is 4.74 Å². The summed E-state index contributed by atoms with van der Waals surface area (Å²) in [5, 5.41) is 15.1. The van der Waals surface area contributed by atoms with Gasteiger partial charge in [-0.1, -0.05) is 0 Å². The van der Waals surface area contributed by atoms with E-state index in [0.717, 1.165) is 42.0 Å². The van der Waals surface area contributed by atoms with Crippen molar-refractivity contribution >= 4 is 5.91 Å². The number of hydrogen-bond donors (Lipinski definition) is 1. The van der Waals surface area contributed by atoms with Gasteiger partial charge in [-0.05, 0) is 38.8 Å². The maximum atomic E-state index is 12.4. The Labute approximate surface area is 141 Å². The van der Waals surface area contributed by atoms with Crippen molar-refractivity contribution < 1.29 is 9.53 Å². The first-order valence-electron chi connectivity index (χ1n) is 8.28. The minimum Gasteiger partial charge on any atom is -0.471 e. The first kappa shape index (κ1) is 16.4. The second kappa shape index (κ2) is 6.98. The third kappa shape index (κ3) is 3.72. The molecule has 0 aromatic carbocycles. The Balaban J connectivity index is 1.49. The summed E-state index contributed by atoms with van der Waals surface area (Å²) in [7, 11) is 0. The van der Waals surface area contributed by atoms with Crippen LogP contribution in [0, 0.1) is 20.8 Å². The van der Waals surface area contributed by atoms with Crippen molar-refractivity contribution in [1.29, 1.82) is 0 Å². The highest BCUT2D eigenvalue weighted by Crippen LogP contribution is 2.18. The number of nitrogens with zero attached hydrogens (tertiary/aromatic N) is 4. The summed E-state index contributed by atoms with van der Waals surface area (Å²) in [4.78, 5) is 14.3. The van der Waals surface area contributed by atoms with Gasteiger partial charge in [0.15, 0.2) is 0 Å². The second-order valence-corrected chi connectivity index (χ2v) is 6.29. The molecule has 0 spiro atoms. The maximum Gasteiger partial charge on any atom is 0.233 e. The van der Waals surface area contributed by atoms with Crippen molar-refractivity contribution in [3.63, 3.8) is 0 Å². The number of hydrogen-bond acceptors (Lipinski definition) is 5. The molecule has 1 N–H and O–H groups in total. The minimum atomic E-state index is -0.0108. The fourth-order valence-electron chi connectivity index (χ4n) is 3.00. The van der Waals surface area contributed by atoms with Crippen LogP contribution >= 0.6 is 0 Å². The number of carbonyl (C=O) groups is 1. The lowest BCUT2D eigenvalue weighted by molar-refractivity contribution is -0.130. The van der Waals surface area contributed by atoms with Gasteiger partial charge in [0.05, 0.1) is 17.9 Å². The summed E-state index contributed by atoms with van der Waals surface area (Å²) in [6.45, 7) is 7.17. The average molecular weight is 329 g/mol. The number of likely N-dealkylation sites (tertiary alicyclic amines) is 1. The summed E-state index contributed by atoms with van der Waals surface area (Å²) >= 11 is 0. The lowest BCUT2D eigenvalue weighted by atomic mass is 10.1. The molecule has 0 saturated carbocycles. The third-order valence-corrected chi connectivity index (χ3v) is 4.43. The molecule has 7 heteroatoms. The van der Waals surface area contributed by atoms with Crippen molar-refractivity contribution in [1.82, 2.24) is 25.3 Å². The number of H-pyrrole nitrogens is 1. The lowest BCUT2D eigenvalue weighted by Gasteiger charge is -2.17. The molecule has 1 amide bonds. The molecule has 24 heavy (non-hydrogen) atoms. The molecular weight excluding hydrogens is 306 g/mol. The number of carbonyl (C=O) groups excluding carboxylic acids is 1. The van der Waals surface area contributed by atoms with E-state index in [9.17, 15) is 4.79 Å². The molecule has 2 aromatic heterocycles. The SMILES string of the molecule is Cc1ccc(O[C@H]2CCN(C(=O)CCc3c(C)n[nH]c3C)C2)nn1. The molecule has 3 heterocycles. The smallest absolute Gasteiger partial charge is 0.233 e. The highest BCUT2D eigenvalue weighted by Gasteiger charge is 2.27. The molecule has 7 nitrogen and oxygen atoms in total. The highest BCUT2D eigenvalue weighted by molar-refractivity contribution is 5.76. The van der Waals surface area contributed by atoms with E-state index in [1.54, 1.807) is 0 Å². The van der Waals surface area contributed by atoms with E-state index in [1.807, 2.05) is 37.8 Å². The Morgan fingerprint density at radius 1 is 1.33 bits per heavy atom. The second-order valence-electron chi connectivity index (χ2n) is 6.29. The van der Waals surface area contributed by atoms with Crippen LogP contribution in [-0.4, -0.2) is 50.4 Å². The first-order chi connectivity index (χ1) is 11.5. The predicted molar refractivity (Wildman–Crippen MR) is 88.8 cm³/mol. The zero-order valence-electron chi connectivity index (χ0n) is 14.4. The molecule has 0 unspecified atom stereocenters. The molecule has 128 valence electrons. The Hall–Kier alpha value is -2.44. The van der Waals surface area contributed by atoms with E-state index in [1.165, 1.54) is 0 Å². The van der Waals surface area contributed by atoms with Crippen molar-refractivity contribution in [3.05, 3.63) is 34.8 Å². The maximum absolute atomic E-state index is 12.4. The van der Waals surface area contributed by atoms with Gasteiger partial charge in [0, 0.05) is 31.1 Å². The largest absolute Gasteiger partial charge is 0.471 e. The fourth-order valence-corrected chi connectivity index (χ4v) is 3.00. The lowest BCUT2D eigenvalue weighted by Crippen LogP contribution is -2.31. The quantitative estimate of drug-likeness (QED) is 0.903. The van der Waals surface area contributed by atoms with Crippen molar-refractivity contribution in [2.45, 2.75) is 46.1 Å². The van der Waals surface area contributed by atoms with Gasteiger partial charge in [-0.25, -0.2) is 0 Å². The summed E-state index contributed by atoms with van der Waals surface area (Å²) < 4.78 is 5.82. The Morgan fingerprint density at radius 2 is 2.17 bits per heavy atom. The summed E-state index contributed by atoms with van der Waals surface area (Å²) in [5.41, 5.74) is 4.02. The van der Waals surface area contributed by atoms with Gasteiger partial charge >= 0.3 is 0 Å². The van der Waals surface area contributed by atoms with Crippen LogP contribution in [0.3, 0.4) is 0 Å². The van der Waals surface area contributed by atoms with Crippen LogP contribution in [-0.2, 0) is 11.2 Å². The molecule has 1 saturated heterocycles. The molecule has 1 atom stereocenters. The van der Waals surface area contributed by atoms with Crippen LogP contribution in [0.25, 0.3) is 0 Å². The van der Waals surface area contributed by atoms with Gasteiger partial charge in [-0.3, -0.25) is 9.89 Å². The highest BCUT2D eigenvalue weighted by atomic mass is 16.5. The van der Waals surface area contributed by atoms with E-state index in [0.29, 0.717) is 18.8 Å². The fraction of sp³-hybridized carbons (Fsp3) is 0.529. The molecule has 0 bridgehead atoms. The van der Waals surface area contributed by atoms with Gasteiger partial charge in [-0.15, -0.1) is 5.10 Å². The topological polar surface area (TPSA) is 84.0 Å². The van der Waals surface area contributed by atoms with Gasteiger partial charge in [-0.2, -0.15) is 10.2 Å². The van der Waals surface area contributed by atoms with Crippen molar-refractivity contribution in [2.75, 3.05) is 13.1 Å². The van der Waals surface area contributed by atoms with Crippen molar-refractivity contribution in [3.8, 4) is 5.88 Å². The number of nitrogens with one attached hydrogen (secondary N) is 1. The number of aromatic nitrogens is 4. The average Bonchev–Trinajstić information content (AvgIpc) is 3.15. The molecule has 1 fully saturated rings. The van der Waals surface area contributed by atoms with E-state index in [-0.39, 0.29) is 12.0 Å². The van der Waals surface area contributed by atoms with Crippen molar-refractivity contribution in [2.24, 2.45) is 0 Å². The molecule has 3 rings (SSSR count). The van der Waals surface area contributed by atoms with E-state index in [4.69, 9.17) is 4.74 Å². The predicted octanol–water partition coefficient (Wildman–Crippen LogP) is 1.74. The van der Waals surface area contributed by atoms with E-state index in [2.05, 4.69) is 20.4 Å². The van der Waals surface area contributed by atoms with Crippen LogP contribution in [0.2, 0.25) is 0 Å². The van der Waals surface area contributed by atoms with Gasteiger partial charge in [0.25, 0.3) is 0 Å². The zero-order valence-corrected chi connectivity index (χ0v) is 14.4. The molecule has 0 aliphatic carbocycles.